The summed E-state index contributed by atoms with van der Waals surface area (Å²) in [5, 5.41) is 5.72. The van der Waals surface area contributed by atoms with Crippen LogP contribution in [0, 0.1) is 0 Å². The second-order valence-corrected chi connectivity index (χ2v) is 8.68. The fourth-order valence-corrected chi connectivity index (χ4v) is 3.80. The van der Waals surface area contributed by atoms with Crippen molar-refractivity contribution in [3.63, 3.8) is 0 Å². The number of amides is 2. The summed E-state index contributed by atoms with van der Waals surface area (Å²) in [6.45, 7) is 0.655. The summed E-state index contributed by atoms with van der Waals surface area (Å²) in [6, 6.07) is 17.5. The Balaban J connectivity index is 1.45. The van der Waals surface area contributed by atoms with E-state index in [-0.39, 0.29) is 13.2 Å². The van der Waals surface area contributed by atoms with Crippen LogP contribution in [-0.2, 0) is 24.3 Å². The number of H-pyrrole nitrogens is 1. The van der Waals surface area contributed by atoms with Crippen LogP contribution < -0.4 is 15.4 Å². The molecule has 0 aliphatic heterocycles. The number of aromatic amines is 1. The van der Waals surface area contributed by atoms with Gasteiger partial charge in [-0.05, 0) is 54.8 Å². The number of urea groups is 1. The third kappa shape index (κ3) is 7.00. The molecule has 4 rings (SSSR count). The van der Waals surface area contributed by atoms with Gasteiger partial charge >= 0.3 is 12.2 Å². The highest BCUT2D eigenvalue weighted by molar-refractivity contribution is 5.76. The molecule has 0 saturated carbocycles. The number of benzene rings is 2. The number of aromatic nitrogens is 3. The number of hydrogen-bond acceptors (Lipinski definition) is 5. The van der Waals surface area contributed by atoms with Crippen LogP contribution in [0.4, 0.5) is 18.0 Å². The standard InChI is InChI=1S/C27H28F3N5O3/c1-17(27(28,29)30)38-16-24-19(6-5-13-31-24)15-32-26(36)35-23(14-18-9-11-20(37-2)12-10-18)25-33-21-7-3-4-8-22(21)34-25/h3-13,17,23H,14-16H2,1-2H3,(H,33,34)(H2,32,35,36)/t17?,23-/m1/s1. The molecule has 2 amide bonds. The molecule has 200 valence electrons. The van der Waals surface area contributed by atoms with Gasteiger partial charge in [0.05, 0.1) is 36.5 Å². The Morgan fingerprint density at radius 2 is 1.84 bits per heavy atom. The summed E-state index contributed by atoms with van der Waals surface area (Å²) in [6.07, 6.45) is -4.48. The zero-order valence-corrected chi connectivity index (χ0v) is 20.9. The zero-order valence-electron chi connectivity index (χ0n) is 20.9. The first-order chi connectivity index (χ1) is 18.2. The van der Waals surface area contributed by atoms with E-state index in [1.54, 1.807) is 19.2 Å². The van der Waals surface area contributed by atoms with Crippen molar-refractivity contribution in [3.05, 3.63) is 89.5 Å². The lowest BCUT2D eigenvalue weighted by atomic mass is 10.1. The minimum absolute atomic E-state index is 0.0498. The Bertz CT molecular complexity index is 1330. The lowest BCUT2D eigenvalue weighted by molar-refractivity contribution is -0.217. The number of pyridine rings is 1. The largest absolute Gasteiger partial charge is 0.497 e. The molecule has 0 spiro atoms. The number of ether oxygens (including phenoxy) is 2. The van der Waals surface area contributed by atoms with E-state index in [1.807, 2.05) is 48.5 Å². The Hall–Kier alpha value is -4.12. The predicted molar refractivity (Wildman–Crippen MR) is 135 cm³/mol. The lowest BCUT2D eigenvalue weighted by Crippen LogP contribution is -2.39. The average Bonchev–Trinajstić information content (AvgIpc) is 3.35. The fourth-order valence-electron chi connectivity index (χ4n) is 3.80. The number of halogens is 3. The summed E-state index contributed by atoms with van der Waals surface area (Å²) >= 11 is 0. The van der Waals surface area contributed by atoms with Gasteiger partial charge in [0.15, 0.2) is 6.10 Å². The van der Waals surface area contributed by atoms with Crippen LogP contribution in [0.2, 0.25) is 0 Å². The number of imidazole rings is 1. The first-order valence-electron chi connectivity index (χ1n) is 12.0. The van der Waals surface area contributed by atoms with Gasteiger partial charge in [-0.3, -0.25) is 4.98 Å². The Labute approximate surface area is 217 Å². The molecular formula is C27H28F3N5O3. The van der Waals surface area contributed by atoms with Crippen molar-refractivity contribution < 1.29 is 27.4 Å². The SMILES string of the molecule is COc1ccc(C[C@@H](NC(=O)NCc2cccnc2COC(C)C(F)(F)F)c2nc3ccccc3[nH]2)cc1. The van der Waals surface area contributed by atoms with Crippen LogP contribution >= 0.6 is 0 Å². The van der Waals surface area contributed by atoms with Gasteiger partial charge in [0.2, 0.25) is 0 Å². The molecule has 0 saturated heterocycles. The zero-order chi connectivity index (χ0) is 27.1. The van der Waals surface area contributed by atoms with E-state index < -0.39 is 24.4 Å². The maximum atomic E-state index is 12.9. The summed E-state index contributed by atoms with van der Waals surface area (Å²) in [7, 11) is 1.59. The van der Waals surface area contributed by atoms with Crippen molar-refractivity contribution in [3.8, 4) is 5.75 Å². The van der Waals surface area contributed by atoms with Gasteiger partial charge < -0.3 is 25.1 Å². The van der Waals surface area contributed by atoms with E-state index in [4.69, 9.17) is 9.47 Å². The minimum atomic E-state index is -4.47. The summed E-state index contributed by atoms with van der Waals surface area (Å²) < 4.78 is 48.6. The summed E-state index contributed by atoms with van der Waals surface area (Å²) in [5.74, 6) is 1.31. The number of methoxy groups -OCH3 is 1. The van der Waals surface area contributed by atoms with E-state index in [1.165, 1.54) is 6.20 Å². The average molecular weight is 528 g/mol. The number of para-hydroxylation sites is 2. The van der Waals surface area contributed by atoms with Crippen LogP contribution in [0.1, 0.15) is 35.6 Å². The highest BCUT2D eigenvalue weighted by atomic mass is 19.4. The molecule has 2 atom stereocenters. The number of hydrogen-bond donors (Lipinski definition) is 3. The van der Waals surface area contributed by atoms with Crippen molar-refractivity contribution in [1.82, 2.24) is 25.6 Å². The fraction of sp³-hybridized carbons (Fsp3) is 0.296. The first kappa shape index (κ1) is 26.9. The molecule has 0 aliphatic rings. The first-order valence-corrected chi connectivity index (χ1v) is 12.0. The van der Waals surface area contributed by atoms with E-state index in [0.29, 0.717) is 23.5 Å². The van der Waals surface area contributed by atoms with Crippen molar-refractivity contribution in [1.29, 1.82) is 0 Å². The molecule has 38 heavy (non-hydrogen) atoms. The van der Waals surface area contributed by atoms with Gasteiger partial charge in [0.1, 0.15) is 11.6 Å². The summed E-state index contributed by atoms with van der Waals surface area (Å²) in [5.41, 5.74) is 3.44. The van der Waals surface area contributed by atoms with Crippen LogP contribution in [0.25, 0.3) is 11.0 Å². The molecule has 1 unspecified atom stereocenters. The number of alkyl halides is 3. The molecule has 0 fully saturated rings. The van der Waals surface area contributed by atoms with Crippen LogP contribution in [0.3, 0.4) is 0 Å². The monoisotopic (exact) mass is 527 g/mol. The van der Waals surface area contributed by atoms with E-state index in [9.17, 15) is 18.0 Å². The molecule has 2 heterocycles. The molecule has 0 aliphatic carbocycles. The maximum Gasteiger partial charge on any atom is 0.414 e. The van der Waals surface area contributed by atoms with Crippen LogP contribution in [0.5, 0.6) is 5.75 Å². The Morgan fingerprint density at radius 1 is 1.08 bits per heavy atom. The number of rotatable bonds is 10. The molecule has 0 radical (unpaired) electrons. The van der Waals surface area contributed by atoms with Crippen LogP contribution in [0.15, 0.2) is 66.9 Å². The number of nitrogens with one attached hydrogen (secondary N) is 3. The number of nitrogens with zero attached hydrogens (tertiary/aromatic N) is 2. The second-order valence-electron chi connectivity index (χ2n) is 8.68. The Kier molecular flexibility index (Phi) is 8.47. The molecule has 4 aromatic rings. The number of fused-ring (bicyclic) bond motifs is 1. The van der Waals surface area contributed by atoms with Gasteiger partial charge in [-0.2, -0.15) is 13.2 Å². The van der Waals surface area contributed by atoms with E-state index >= 15 is 0 Å². The smallest absolute Gasteiger partial charge is 0.414 e. The Morgan fingerprint density at radius 3 is 2.55 bits per heavy atom. The molecular weight excluding hydrogens is 499 g/mol. The highest BCUT2D eigenvalue weighted by Gasteiger charge is 2.37. The van der Waals surface area contributed by atoms with Crippen molar-refractivity contribution >= 4 is 17.1 Å². The van der Waals surface area contributed by atoms with Gasteiger partial charge in [-0.1, -0.05) is 30.3 Å². The topological polar surface area (TPSA) is 101 Å². The molecule has 0 bridgehead atoms. The van der Waals surface area contributed by atoms with Crippen LogP contribution in [-0.4, -0.2) is 40.4 Å². The van der Waals surface area contributed by atoms with Crippen molar-refractivity contribution in [2.24, 2.45) is 0 Å². The second kappa shape index (κ2) is 12.0. The molecule has 11 heteroatoms. The lowest BCUT2D eigenvalue weighted by Gasteiger charge is -2.19. The molecule has 2 aromatic heterocycles. The highest BCUT2D eigenvalue weighted by Crippen LogP contribution is 2.24. The quantitative estimate of drug-likeness (QED) is 0.263. The minimum Gasteiger partial charge on any atom is -0.497 e. The van der Waals surface area contributed by atoms with E-state index in [0.717, 1.165) is 29.3 Å². The van der Waals surface area contributed by atoms with Gasteiger partial charge in [-0.25, -0.2) is 9.78 Å². The molecule has 3 N–H and O–H groups in total. The third-order valence-electron chi connectivity index (χ3n) is 6.00. The molecule has 2 aromatic carbocycles. The third-order valence-corrected chi connectivity index (χ3v) is 6.00. The van der Waals surface area contributed by atoms with E-state index in [2.05, 4.69) is 25.6 Å². The normalized spacial score (nSPS) is 13.2. The van der Waals surface area contributed by atoms with Gasteiger partial charge in [-0.15, -0.1) is 0 Å². The van der Waals surface area contributed by atoms with Crippen molar-refractivity contribution in [2.75, 3.05) is 7.11 Å². The maximum absolute atomic E-state index is 12.9. The van der Waals surface area contributed by atoms with Gasteiger partial charge in [0, 0.05) is 12.7 Å². The summed E-state index contributed by atoms with van der Waals surface area (Å²) in [4.78, 5) is 25.0. The van der Waals surface area contributed by atoms with Crippen molar-refractivity contribution in [2.45, 2.75) is 44.8 Å². The number of carbonyl (C=O) groups is 1. The van der Waals surface area contributed by atoms with Gasteiger partial charge in [0.25, 0.3) is 0 Å². The predicted octanol–water partition coefficient (Wildman–Crippen LogP) is 5.22. The number of carbonyl (C=O) groups excluding carboxylic acids is 1. The molecule has 8 nitrogen and oxygen atoms in total.